The molecule has 0 amide bonds. The van der Waals surface area contributed by atoms with Crippen LogP contribution in [0.5, 0.6) is 5.75 Å². The monoisotopic (exact) mass is 178 g/mol. The first-order valence-corrected chi connectivity index (χ1v) is 4.88. The van der Waals surface area contributed by atoms with Crippen molar-refractivity contribution >= 4 is 0 Å². The van der Waals surface area contributed by atoms with E-state index in [-0.39, 0.29) is 0 Å². The molecule has 1 aromatic rings. The highest BCUT2D eigenvalue weighted by atomic mass is 16.5. The molecule has 0 saturated carbocycles. The Morgan fingerprint density at radius 2 is 1.69 bits per heavy atom. The molecular weight excluding hydrogens is 160 g/mol. The third kappa shape index (κ3) is 3.49. The lowest BCUT2D eigenvalue weighted by atomic mass is 9.99. The van der Waals surface area contributed by atoms with Gasteiger partial charge in [-0.15, -0.1) is 0 Å². The zero-order chi connectivity index (χ0) is 9.68. The van der Waals surface area contributed by atoms with Crippen molar-refractivity contribution in [1.29, 1.82) is 0 Å². The fraction of sp³-hybridized carbons (Fsp3) is 0.500. The largest absolute Gasteiger partial charge is 0.493 e. The summed E-state index contributed by atoms with van der Waals surface area (Å²) in [6.45, 7) is 7.47. The van der Waals surface area contributed by atoms with E-state index in [1.165, 1.54) is 0 Å². The molecule has 0 aliphatic heterocycles. The Balaban J connectivity index is 2.35. The first-order valence-electron chi connectivity index (χ1n) is 4.88. The maximum atomic E-state index is 5.63. The third-order valence-electron chi connectivity index (χ3n) is 2.39. The number of rotatable bonds is 4. The fourth-order valence-electron chi connectivity index (χ4n) is 0.937. The van der Waals surface area contributed by atoms with Crippen LogP contribution in [0.2, 0.25) is 0 Å². The Morgan fingerprint density at radius 3 is 2.23 bits per heavy atom. The first-order chi connectivity index (χ1) is 6.20. The molecule has 0 spiro atoms. The zero-order valence-electron chi connectivity index (χ0n) is 8.66. The van der Waals surface area contributed by atoms with Crippen molar-refractivity contribution in [3.8, 4) is 5.75 Å². The van der Waals surface area contributed by atoms with E-state index in [1.54, 1.807) is 0 Å². The van der Waals surface area contributed by atoms with Crippen LogP contribution in [0.3, 0.4) is 0 Å². The van der Waals surface area contributed by atoms with Gasteiger partial charge < -0.3 is 4.74 Å². The van der Waals surface area contributed by atoms with Gasteiger partial charge in [0, 0.05) is 0 Å². The molecule has 0 bridgehead atoms. The lowest BCUT2D eigenvalue weighted by molar-refractivity contribution is 0.223. The van der Waals surface area contributed by atoms with Gasteiger partial charge in [-0.25, -0.2) is 0 Å². The number of benzene rings is 1. The average molecular weight is 178 g/mol. The van der Waals surface area contributed by atoms with Crippen LogP contribution in [0.4, 0.5) is 0 Å². The molecule has 1 heteroatoms. The Kier molecular flexibility index (Phi) is 3.81. The summed E-state index contributed by atoms with van der Waals surface area (Å²) in [7, 11) is 0. The predicted molar refractivity (Wildman–Crippen MR) is 55.9 cm³/mol. The van der Waals surface area contributed by atoms with Crippen molar-refractivity contribution in [2.45, 2.75) is 20.8 Å². The molecule has 13 heavy (non-hydrogen) atoms. The van der Waals surface area contributed by atoms with Crippen LogP contribution < -0.4 is 4.74 Å². The van der Waals surface area contributed by atoms with E-state index in [4.69, 9.17) is 4.74 Å². The average Bonchev–Trinajstić information content (AvgIpc) is 2.15. The minimum Gasteiger partial charge on any atom is -0.493 e. The number of hydrogen-bond acceptors (Lipinski definition) is 1. The number of hydrogen-bond donors (Lipinski definition) is 0. The van der Waals surface area contributed by atoms with Crippen LogP contribution >= 0.6 is 0 Å². The molecule has 0 heterocycles. The van der Waals surface area contributed by atoms with Crippen molar-refractivity contribution in [3.05, 3.63) is 30.3 Å². The van der Waals surface area contributed by atoms with E-state index >= 15 is 0 Å². The summed E-state index contributed by atoms with van der Waals surface area (Å²) in [5.74, 6) is 2.26. The standard InChI is InChI=1S/C12H18O/c1-10(2)11(3)9-13-12-7-5-4-6-8-12/h4-8,10-11H,9H2,1-3H3. The topological polar surface area (TPSA) is 9.23 Å². The molecule has 1 aromatic carbocycles. The summed E-state index contributed by atoms with van der Waals surface area (Å²) >= 11 is 0. The minimum absolute atomic E-state index is 0.611. The van der Waals surface area contributed by atoms with Crippen LogP contribution in [0.1, 0.15) is 20.8 Å². The number of ether oxygens (including phenoxy) is 1. The molecule has 1 nitrogen and oxygen atoms in total. The van der Waals surface area contributed by atoms with E-state index < -0.39 is 0 Å². The highest BCUT2D eigenvalue weighted by Crippen LogP contribution is 2.14. The van der Waals surface area contributed by atoms with Gasteiger partial charge in [0.2, 0.25) is 0 Å². The lowest BCUT2D eigenvalue weighted by Crippen LogP contribution is -2.13. The Labute approximate surface area is 80.7 Å². The van der Waals surface area contributed by atoms with Gasteiger partial charge in [0.15, 0.2) is 0 Å². The minimum atomic E-state index is 0.611. The highest BCUT2D eigenvalue weighted by molar-refractivity contribution is 5.20. The van der Waals surface area contributed by atoms with Crippen LogP contribution in [0.15, 0.2) is 30.3 Å². The zero-order valence-corrected chi connectivity index (χ0v) is 8.66. The second-order valence-corrected chi connectivity index (χ2v) is 3.85. The Bertz CT molecular complexity index is 228. The summed E-state index contributed by atoms with van der Waals surface area (Å²) in [6, 6.07) is 9.98. The molecule has 1 atom stereocenters. The van der Waals surface area contributed by atoms with Gasteiger partial charge in [0.05, 0.1) is 6.61 Å². The maximum absolute atomic E-state index is 5.63. The molecule has 0 aromatic heterocycles. The maximum Gasteiger partial charge on any atom is 0.119 e. The summed E-state index contributed by atoms with van der Waals surface area (Å²) in [4.78, 5) is 0. The summed E-state index contributed by atoms with van der Waals surface area (Å²) in [5.41, 5.74) is 0. The van der Waals surface area contributed by atoms with Gasteiger partial charge in [-0.1, -0.05) is 39.0 Å². The fourth-order valence-corrected chi connectivity index (χ4v) is 0.937. The first kappa shape index (κ1) is 10.1. The van der Waals surface area contributed by atoms with Gasteiger partial charge >= 0.3 is 0 Å². The molecule has 0 radical (unpaired) electrons. The summed E-state index contributed by atoms with van der Waals surface area (Å²) in [6.07, 6.45) is 0. The van der Waals surface area contributed by atoms with Gasteiger partial charge in [0.1, 0.15) is 5.75 Å². The molecule has 72 valence electrons. The van der Waals surface area contributed by atoms with Gasteiger partial charge in [-0.05, 0) is 24.0 Å². The van der Waals surface area contributed by atoms with E-state index in [0.717, 1.165) is 12.4 Å². The summed E-state index contributed by atoms with van der Waals surface area (Å²) in [5, 5.41) is 0. The SMILES string of the molecule is CC(C)C(C)COc1ccccc1. The van der Waals surface area contributed by atoms with Crippen LogP contribution in [-0.4, -0.2) is 6.61 Å². The Morgan fingerprint density at radius 1 is 1.08 bits per heavy atom. The second-order valence-electron chi connectivity index (χ2n) is 3.85. The molecule has 1 rings (SSSR count). The van der Waals surface area contributed by atoms with Crippen LogP contribution in [0.25, 0.3) is 0 Å². The summed E-state index contributed by atoms with van der Waals surface area (Å²) < 4.78 is 5.63. The van der Waals surface area contributed by atoms with Gasteiger partial charge in [0.25, 0.3) is 0 Å². The van der Waals surface area contributed by atoms with Crippen molar-refractivity contribution in [2.75, 3.05) is 6.61 Å². The Hall–Kier alpha value is -0.980. The molecule has 0 aliphatic rings. The molecular formula is C12H18O. The van der Waals surface area contributed by atoms with E-state index in [2.05, 4.69) is 20.8 Å². The lowest BCUT2D eigenvalue weighted by Gasteiger charge is -2.16. The second kappa shape index (κ2) is 4.90. The van der Waals surface area contributed by atoms with Gasteiger partial charge in [-0.2, -0.15) is 0 Å². The smallest absolute Gasteiger partial charge is 0.119 e. The van der Waals surface area contributed by atoms with Crippen LogP contribution in [0, 0.1) is 11.8 Å². The quantitative estimate of drug-likeness (QED) is 0.687. The molecule has 0 N–H and O–H groups in total. The third-order valence-corrected chi connectivity index (χ3v) is 2.39. The van der Waals surface area contributed by atoms with Crippen LogP contribution in [-0.2, 0) is 0 Å². The molecule has 1 unspecified atom stereocenters. The number of para-hydroxylation sites is 1. The normalized spacial score (nSPS) is 12.9. The molecule has 0 aliphatic carbocycles. The van der Waals surface area contributed by atoms with E-state index in [9.17, 15) is 0 Å². The predicted octanol–water partition coefficient (Wildman–Crippen LogP) is 3.36. The van der Waals surface area contributed by atoms with E-state index in [0.29, 0.717) is 11.8 Å². The molecule has 0 fully saturated rings. The van der Waals surface area contributed by atoms with Crippen molar-refractivity contribution in [1.82, 2.24) is 0 Å². The van der Waals surface area contributed by atoms with E-state index in [1.807, 2.05) is 30.3 Å². The van der Waals surface area contributed by atoms with Gasteiger partial charge in [-0.3, -0.25) is 0 Å². The van der Waals surface area contributed by atoms with Crippen molar-refractivity contribution in [3.63, 3.8) is 0 Å². The van der Waals surface area contributed by atoms with Crippen molar-refractivity contribution in [2.24, 2.45) is 11.8 Å². The molecule has 0 saturated heterocycles. The van der Waals surface area contributed by atoms with Crippen molar-refractivity contribution < 1.29 is 4.74 Å². The highest BCUT2D eigenvalue weighted by Gasteiger charge is 2.07.